The Morgan fingerprint density at radius 3 is 2.62 bits per heavy atom. The summed E-state index contributed by atoms with van der Waals surface area (Å²) in [7, 11) is 0. The van der Waals surface area contributed by atoms with Gasteiger partial charge in [0.25, 0.3) is 0 Å². The van der Waals surface area contributed by atoms with Crippen molar-refractivity contribution in [3.8, 4) is 0 Å². The van der Waals surface area contributed by atoms with Gasteiger partial charge in [-0.15, -0.1) is 11.8 Å². The second-order valence-corrected chi connectivity index (χ2v) is 7.88. The van der Waals surface area contributed by atoms with Gasteiger partial charge in [0.2, 0.25) is 11.8 Å². The van der Waals surface area contributed by atoms with Crippen LogP contribution < -0.4 is 10.6 Å². The summed E-state index contributed by atoms with van der Waals surface area (Å²) < 4.78 is 0. The molecular formula is C18H27N3O2S. The van der Waals surface area contributed by atoms with Crippen LogP contribution in [0.3, 0.4) is 0 Å². The van der Waals surface area contributed by atoms with Crippen LogP contribution in [0, 0.1) is 0 Å². The minimum Gasteiger partial charge on any atom is -0.352 e. The van der Waals surface area contributed by atoms with E-state index in [4.69, 9.17) is 0 Å². The van der Waals surface area contributed by atoms with Crippen molar-refractivity contribution in [2.75, 3.05) is 18.2 Å². The Labute approximate surface area is 148 Å². The van der Waals surface area contributed by atoms with E-state index in [0.717, 1.165) is 0 Å². The van der Waals surface area contributed by atoms with Crippen LogP contribution in [0.4, 0.5) is 0 Å². The molecule has 0 radical (unpaired) electrons. The average Bonchev–Trinajstić information content (AvgIpc) is 3.03. The fourth-order valence-electron chi connectivity index (χ4n) is 2.86. The number of rotatable bonds is 6. The predicted molar refractivity (Wildman–Crippen MR) is 98.7 cm³/mol. The number of benzene rings is 1. The summed E-state index contributed by atoms with van der Waals surface area (Å²) in [4.78, 5) is 25.6. The van der Waals surface area contributed by atoms with Crippen LogP contribution in [0.2, 0.25) is 0 Å². The van der Waals surface area contributed by atoms with Crippen molar-refractivity contribution in [3.63, 3.8) is 0 Å². The van der Waals surface area contributed by atoms with E-state index in [-0.39, 0.29) is 29.4 Å². The fraction of sp³-hybridized carbons (Fsp3) is 0.556. The first-order valence-electron chi connectivity index (χ1n) is 8.25. The molecule has 2 amide bonds. The molecule has 0 spiro atoms. The van der Waals surface area contributed by atoms with Crippen LogP contribution in [-0.4, -0.2) is 46.5 Å². The second-order valence-electron chi connectivity index (χ2n) is 6.88. The van der Waals surface area contributed by atoms with E-state index in [2.05, 4.69) is 43.5 Å². The molecule has 1 aromatic carbocycles. The van der Waals surface area contributed by atoms with Crippen molar-refractivity contribution in [3.05, 3.63) is 35.9 Å². The SMILES string of the molecule is CC(=O)N1CSC[C@@H]1C(=O)NCC(C)(C)N[C@@H](C)c1ccccc1. The van der Waals surface area contributed by atoms with Crippen molar-refractivity contribution >= 4 is 23.6 Å². The summed E-state index contributed by atoms with van der Waals surface area (Å²) in [5.41, 5.74) is 0.962. The molecule has 1 aromatic rings. The molecule has 0 aromatic heterocycles. The number of amides is 2. The van der Waals surface area contributed by atoms with E-state index in [9.17, 15) is 9.59 Å². The van der Waals surface area contributed by atoms with Crippen LogP contribution in [-0.2, 0) is 9.59 Å². The minimum atomic E-state index is -0.352. The maximum absolute atomic E-state index is 12.4. The monoisotopic (exact) mass is 349 g/mol. The highest BCUT2D eigenvalue weighted by atomic mass is 32.2. The van der Waals surface area contributed by atoms with E-state index in [1.807, 2.05) is 18.2 Å². The number of hydrogen-bond donors (Lipinski definition) is 2. The molecule has 5 nitrogen and oxygen atoms in total. The van der Waals surface area contributed by atoms with E-state index in [1.54, 1.807) is 16.7 Å². The number of carbonyl (C=O) groups excluding carboxylic acids is 2. The smallest absolute Gasteiger partial charge is 0.243 e. The average molecular weight is 350 g/mol. The quantitative estimate of drug-likeness (QED) is 0.826. The van der Waals surface area contributed by atoms with Gasteiger partial charge in [0, 0.05) is 30.8 Å². The van der Waals surface area contributed by atoms with E-state index < -0.39 is 0 Å². The Hall–Kier alpha value is -1.53. The van der Waals surface area contributed by atoms with Crippen LogP contribution >= 0.6 is 11.8 Å². The first-order chi connectivity index (χ1) is 11.3. The molecule has 0 saturated carbocycles. The zero-order valence-electron chi connectivity index (χ0n) is 14.8. The third kappa shape index (κ3) is 4.98. The molecule has 132 valence electrons. The predicted octanol–water partition coefficient (Wildman–Crippen LogP) is 2.15. The number of thioether (sulfide) groups is 1. The normalized spacial score (nSPS) is 19.2. The van der Waals surface area contributed by atoms with Gasteiger partial charge in [0.15, 0.2) is 0 Å². The summed E-state index contributed by atoms with van der Waals surface area (Å²) in [5.74, 6) is 1.15. The summed E-state index contributed by atoms with van der Waals surface area (Å²) in [6.45, 7) is 8.27. The number of nitrogens with zero attached hydrogens (tertiary/aromatic N) is 1. The van der Waals surface area contributed by atoms with Gasteiger partial charge in [-0.25, -0.2) is 0 Å². The lowest BCUT2D eigenvalue weighted by molar-refractivity contribution is -0.136. The van der Waals surface area contributed by atoms with Crippen molar-refractivity contribution in [2.45, 2.75) is 45.3 Å². The first-order valence-corrected chi connectivity index (χ1v) is 9.41. The molecule has 1 aliphatic heterocycles. The zero-order chi connectivity index (χ0) is 17.7. The number of hydrogen-bond acceptors (Lipinski definition) is 4. The largest absolute Gasteiger partial charge is 0.352 e. The van der Waals surface area contributed by atoms with Crippen molar-refractivity contribution in [2.24, 2.45) is 0 Å². The Morgan fingerprint density at radius 2 is 2.00 bits per heavy atom. The van der Waals surface area contributed by atoms with Crippen LogP contribution in [0.15, 0.2) is 30.3 Å². The molecule has 0 unspecified atom stereocenters. The van der Waals surface area contributed by atoms with Gasteiger partial charge in [-0.2, -0.15) is 0 Å². The van der Waals surface area contributed by atoms with E-state index in [1.165, 1.54) is 12.5 Å². The van der Waals surface area contributed by atoms with E-state index >= 15 is 0 Å². The third-order valence-electron chi connectivity index (χ3n) is 4.20. The Morgan fingerprint density at radius 1 is 1.33 bits per heavy atom. The van der Waals surface area contributed by atoms with Gasteiger partial charge in [-0.05, 0) is 26.3 Å². The molecule has 0 aliphatic carbocycles. The zero-order valence-corrected chi connectivity index (χ0v) is 15.7. The van der Waals surface area contributed by atoms with Crippen LogP contribution in [0.5, 0.6) is 0 Å². The number of carbonyl (C=O) groups is 2. The van der Waals surface area contributed by atoms with Crippen molar-refractivity contribution in [1.82, 2.24) is 15.5 Å². The highest BCUT2D eigenvalue weighted by molar-refractivity contribution is 7.99. The van der Waals surface area contributed by atoms with Crippen molar-refractivity contribution in [1.29, 1.82) is 0 Å². The highest BCUT2D eigenvalue weighted by Gasteiger charge is 2.33. The lowest BCUT2D eigenvalue weighted by Crippen LogP contribution is -2.54. The Kier molecular flexibility index (Phi) is 6.29. The summed E-state index contributed by atoms with van der Waals surface area (Å²) in [6.07, 6.45) is 0. The molecule has 1 saturated heterocycles. The summed E-state index contributed by atoms with van der Waals surface area (Å²) >= 11 is 1.62. The molecule has 1 heterocycles. The van der Waals surface area contributed by atoms with Crippen molar-refractivity contribution < 1.29 is 9.59 Å². The molecule has 2 atom stereocenters. The van der Waals surface area contributed by atoms with Gasteiger partial charge in [-0.1, -0.05) is 30.3 Å². The molecule has 2 rings (SSSR count). The highest BCUT2D eigenvalue weighted by Crippen LogP contribution is 2.21. The lowest BCUT2D eigenvalue weighted by Gasteiger charge is -2.32. The van der Waals surface area contributed by atoms with Gasteiger partial charge in [0.1, 0.15) is 6.04 Å². The Balaban J connectivity index is 1.87. The minimum absolute atomic E-state index is 0.0461. The lowest BCUT2D eigenvalue weighted by atomic mass is 10.0. The molecule has 0 bridgehead atoms. The second kappa shape index (κ2) is 8.03. The molecular weight excluding hydrogens is 322 g/mol. The molecule has 24 heavy (non-hydrogen) atoms. The maximum atomic E-state index is 12.4. The molecule has 2 N–H and O–H groups in total. The van der Waals surface area contributed by atoms with Gasteiger partial charge in [-0.3, -0.25) is 9.59 Å². The Bertz CT molecular complexity index is 577. The molecule has 1 fully saturated rings. The van der Waals surface area contributed by atoms with Gasteiger partial charge >= 0.3 is 0 Å². The molecule has 1 aliphatic rings. The summed E-state index contributed by atoms with van der Waals surface area (Å²) in [6, 6.07) is 10.1. The first kappa shape index (κ1) is 18.8. The standard InChI is InChI=1S/C18H27N3O2S/c1-13(15-8-6-5-7-9-15)20-18(3,4)11-19-17(23)16-10-24-12-21(16)14(2)22/h5-9,13,16,20H,10-12H2,1-4H3,(H,19,23)/t13-,16+/m0/s1. The van der Waals surface area contributed by atoms with E-state index in [0.29, 0.717) is 18.2 Å². The molecule has 6 heteroatoms. The maximum Gasteiger partial charge on any atom is 0.243 e. The van der Waals surface area contributed by atoms with Gasteiger partial charge < -0.3 is 15.5 Å². The van der Waals surface area contributed by atoms with Gasteiger partial charge in [0.05, 0.1) is 5.88 Å². The third-order valence-corrected chi connectivity index (χ3v) is 5.21. The fourth-order valence-corrected chi connectivity index (χ4v) is 4.08. The summed E-state index contributed by atoms with van der Waals surface area (Å²) in [5, 5.41) is 6.55. The topological polar surface area (TPSA) is 61.4 Å². The van der Waals surface area contributed by atoms with Crippen LogP contribution in [0.1, 0.15) is 39.3 Å². The van der Waals surface area contributed by atoms with Crippen LogP contribution in [0.25, 0.3) is 0 Å². The number of nitrogens with one attached hydrogen (secondary N) is 2.